The Bertz CT molecular complexity index is 2150. The highest BCUT2D eigenvalue weighted by Crippen LogP contribution is 2.43. The summed E-state index contributed by atoms with van der Waals surface area (Å²) in [6.45, 7) is 3.78. The van der Waals surface area contributed by atoms with Crippen LogP contribution in [0.5, 0.6) is 5.75 Å². The number of hydrogen-bond donors (Lipinski definition) is 5. The van der Waals surface area contributed by atoms with Crippen molar-refractivity contribution in [3.63, 3.8) is 0 Å². The van der Waals surface area contributed by atoms with Gasteiger partial charge in [0.25, 0.3) is 0 Å². The highest BCUT2D eigenvalue weighted by Gasteiger charge is 2.26. The number of carbonyl (C=O) groups is 2. The van der Waals surface area contributed by atoms with E-state index in [-0.39, 0.29) is 23.9 Å². The highest BCUT2D eigenvalue weighted by atomic mass is 35.5. The largest absolute Gasteiger partial charge is 0.496 e. The number of pyridine rings is 2. The first kappa shape index (κ1) is 37.0. The Morgan fingerprint density at radius 2 is 1.75 bits per heavy atom. The van der Waals surface area contributed by atoms with E-state index in [9.17, 15) is 14.7 Å². The molecule has 14 heteroatoms. The zero-order valence-electron chi connectivity index (χ0n) is 29.5. The van der Waals surface area contributed by atoms with E-state index in [0.29, 0.717) is 71.9 Å². The molecule has 0 spiro atoms. The average molecular weight is 775 g/mol. The molecule has 2 fully saturated rings. The molecule has 5 N–H and O–H groups in total. The van der Waals surface area contributed by atoms with Gasteiger partial charge in [0.05, 0.1) is 39.2 Å². The molecule has 7 rings (SSSR count). The van der Waals surface area contributed by atoms with E-state index in [1.807, 2.05) is 55.5 Å². The van der Waals surface area contributed by atoms with E-state index in [2.05, 4.69) is 26.3 Å². The van der Waals surface area contributed by atoms with Gasteiger partial charge in [-0.2, -0.15) is 0 Å². The zero-order chi connectivity index (χ0) is 37.1. The maximum absolute atomic E-state index is 11.6. The van der Waals surface area contributed by atoms with Crippen LogP contribution in [0.2, 0.25) is 10.0 Å². The molecule has 4 heterocycles. The number of aryl methyl sites for hydroxylation is 1. The average Bonchev–Trinajstić information content (AvgIpc) is 3.78. The second-order valence-electron chi connectivity index (χ2n) is 13.5. The normalized spacial score (nSPS) is 18.6. The first-order valence-electron chi connectivity index (χ1n) is 17.8. The first-order chi connectivity index (χ1) is 25.7. The number of thiazole rings is 1. The Morgan fingerprint density at radius 1 is 1.00 bits per heavy atom. The van der Waals surface area contributed by atoms with Gasteiger partial charge in [0.15, 0.2) is 5.82 Å². The molecule has 1 atom stereocenters. The number of benzene rings is 2. The molecule has 1 aliphatic heterocycles. The second kappa shape index (κ2) is 16.4. The van der Waals surface area contributed by atoms with Crippen molar-refractivity contribution in [3.05, 3.63) is 81.0 Å². The molecule has 1 aliphatic carbocycles. The number of hydrogen-bond acceptors (Lipinski definition) is 10. The number of rotatable bonds is 13. The number of ether oxygens (including phenoxy) is 1. The van der Waals surface area contributed by atoms with Crippen molar-refractivity contribution in [2.45, 2.75) is 70.6 Å². The first-order valence-corrected chi connectivity index (χ1v) is 19.4. The molecule has 2 aromatic carbocycles. The summed E-state index contributed by atoms with van der Waals surface area (Å²) in [7, 11) is 1.64. The number of amides is 1. The number of carboxylic acid groups (broad SMARTS) is 1. The lowest BCUT2D eigenvalue weighted by atomic mass is 9.86. The number of aliphatic carboxylic acids is 1. The number of aromatic nitrogens is 3. The molecule has 0 unspecified atom stereocenters. The van der Waals surface area contributed by atoms with E-state index in [4.69, 9.17) is 37.9 Å². The number of halogens is 2. The maximum atomic E-state index is 11.6. The summed E-state index contributed by atoms with van der Waals surface area (Å²) in [4.78, 5) is 37.3. The van der Waals surface area contributed by atoms with Gasteiger partial charge in [-0.3, -0.25) is 14.6 Å². The van der Waals surface area contributed by atoms with Crippen LogP contribution in [0.25, 0.3) is 32.6 Å². The van der Waals surface area contributed by atoms with Crippen LogP contribution in [0.1, 0.15) is 54.8 Å². The fraction of sp³-hybridized carbons (Fsp3) is 0.359. The molecule has 1 saturated heterocycles. The summed E-state index contributed by atoms with van der Waals surface area (Å²) < 4.78 is 6.80. The fourth-order valence-electron chi connectivity index (χ4n) is 7.15. The van der Waals surface area contributed by atoms with Crippen molar-refractivity contribution < 1.29 is 19.4 Å². The third-order valence-corrected chi connectivity index (χ3v) is 11.9. The summed E-state index contributed by atoms with van der Waals surface area (Å²) in [5.74, 6) is 0.459. The van der Waals surface area contributed by atoms with Crippen LogP contribution >= 0.6 is 34.5 Å². The Kier molecular flexibility index (Phi) is 11.4. The third-order valence-electron chi connectivity index (χ3n) is 10.1. The van der Waals surface area contributed by atoms with E-state index in [1.165, 1.54) is 0 Å². The Labute approximate surface area is 321 Å². The fourth-order valence-corrected chi connectivity index (χ4v) is 8.67. The SMILES string of the molecule is COc1cc(-c2cccc(-c3cccc(Nc4nccc5sc(CN[C@H]6CC[C@H](C(=O)O)CC6)nc45)c3Cl)c2Cl)nc(C)c1CNC[C@@H]1CCC(=O)N1. The maximum Gasteiger partial charge on any atom is 0.306 e. The zero-order valence-corrected chi connectivity index (χ0v) is 31.8. The Balaban J connectivity index is 1.08. The van der Waals surface area contributed by atoms with Gasteiger partial charge in [0.2, 0.25) is 5.91 Å². The minimum Gasteiger partial charge on any atom is -0.496 e. The predicted molar refractivity (Wildman–Crippen MR) is 210 cm³/mol. The van der Waals surface area contributed by atoms with E-state index >= 15 is 0 Å². The van der Waals surface area contributed by atoms with Crippen molar-refractivity contribution in [2.75, 3.05) is 19.0 Å². The molecular weight excluding hydrogens is 733 g/mol. The van der Waals surface area contributed by atoms with Crippen molar-refractivity contribution in [3.8, 4) is 28.1 Å². The topological polar surface area (TPSA) is 150 Å². The van der Waals surface area contributed by atoms with Gasteiger partial charge in [-0.05, 0) is 51.2 Å². The van der Waals surface area contributed by atoms with Gasteiger partial charge < -0.3 is 31.1 Å². The van der Waals surface area contributed by atoms with Crippen LogP contribution in [0, 0.1) is 12.8 Å². The number of methoxy groups -OCH3 is 1. The van der Waals surface area contributed by atoms with Gasteiger partial charge >= 0.3 is 5.97 Å². The van der Waals surface area contributed by atoms with Crippen LogP contribution in [-0.2, 0) is 22.7 Å². The van der Waals surface area contributed by atoms with Gasteiger partial charge in [0, 0.05) is 78.3 Å². The summed E-state index contributed by atoms with van der Waals surface area (Å²) in [6, 6.07) is 15.8. The molecular formula is C39H41Cl2N7O4S. The summed E-state index contributed by atoms with van der Waals surface area (Å²) in [6.07, 6.45) is 6.23. The predicted octanol–water partition coefficient (Wildman–Crippen LogP) is 7.89. The summed E-state index contributed by atoms with van der Waals surface area (Å²) >= 11 is 15.9. The van der Waals surface area contributed by atoms with Gasteiger partial charge in [-0.25, -0.2) is 9.97 Å². The van der Waals surface area contributed by atoms with E-state index < -0.39 is 5.97 Å². The van der Waals surface area contributed by atoms with Crippen LogP contribution in [0.4, 0.5) is 11.5 Å². The molecule has 2 aliphatic rings. The van der Waals surface area contributed by atoms with Gasteiger partial charge in [0.1, 0.15) is 16.3 Å². The molecule has 0 bridgehead atoms. The number of carboxylic acids is 1. The van der Waals surface area contributed by atoms with Crippen LogP contribution in [0.3, 0.4) is 0 Å². The highest BCUT2D eigenvalue weighted by molar-refractivity contribution is 7.18. The Morgan fingerprint density at radius 3 is 2.49 bits per heavy atom. The third kappa shape index (κ3) is 8.27. The lowest BCUT2D eigenvalue weighted by molar-refractivity contribution is -0.142. The second-order valence-corrected chi connectivity index (χ2v) is 15.4. The van der Waals surface area contributed by atoms with Crippen molar-refractivity contribution in [1.29, 1.82) is 0 Å². The molecule has 3 aromatic heterocycles. The van der Waals surface area contributed by atoms with Crippen molar-refractivity contribution >= 4 is 68.1 Å². The number of nitrogens with one attached hydrogen (secondary N) is 4. The summed E-state index contributed by atoms with van der Waals surface area (Å²) in [5.41, 5.74) is 6.12. The standard InChI is InChI=1S/C39H41Cl2N7O4S/c1-21-28(19-42-18-24-13-14-33(49)46-24)31(52-2)17-30(45-21)27-7-3-5-25(35(27)40)26-6-4-8-29(36(26)41)47-38-37-32(15-16-43-38)53-34(48-37)20-44-23-11-9-22(10-12-23)39(50)51/h3-8,15-17,22-24,42,44H,9-14,18-20H2,1-2H3,(H,43,47)(H,46,49)(H,50,51)/t22-,23-,24-/m0/s1. The number of carbonyl (C=O) groups excluding carboxylic acids is 1. The number of fused-ring (bicyclic) bond motifs is 1. The minimum atomic E-state index is -0.697. The van der Waals surface area contributed by atoms with Crippen LogP contribution in [0.15, 0.2) is 54.7 Å². The lowest BCUT2D eigenvalue weighted by Gasteiger charge is -2.26. The van der Waals surface area contributed by atoms with Crippen molar-refractivity contribution in [2.24, 2.45) is 5.92 Å². The minimum absolute atomic E-state index is 0.0968. The van der Waals surface area contributed by atoms with Crippen LogP contribution < -0.4 is 26.0 Å². The van der Waals surface area contributed by atoms with E-state index in [0.717, 1.165) is 62.4 Å². The van der Waals surface area contributed by atoms with Gasteiger partial charge in [-0.15, -0.1) is 11.3 Å². The van der Waals surface area contributed by atoms with E-state index in [1.54, 1.807) is 24.6 Å². The van der Waals surface area contributed by atoms with Crippen LogP contribution in [-0.4, -0.2) is 57.7 Å². The molecule has 11 nitrogen and oxygen atoms in total. The molecule has 1 saturated carbocycles. The smallest absolute Gasteiger partial charge is 0.306 e. The van der Waals surface area contributed by atoms with Crippen molar-refractivity contribution in [1.82, 2.24) is 30.9 Å². The quantitative estimate of drug-likeness (QED) is 0.0800. The number of nitrogens with zero attached hydrogens (tertiary/aromatic N) is 3. The lowest BCUT2D eigenvalue weighted by Crippen LogP contribution is -2.35. The molecule has 0 radical (unpaired) electrons. The summed E-state index contributed by atoms with van der Waals surface area (Å²) in [5, 5.41) is 24.7. The van der Waals surface area contributed by atoms with Gasteiger partial charge in [-0.1, -0.05) is 53.5 Å². The molecule has 5 aromatic rings. The monoisotopic (exact) mass is 773 g/mol. The molecule has 276 valence electrons. The molecule has 1 amide bonds. The Hall–Kier alpha value is -4.33. The number of anilines is 2. The molecule has 53 heavy (non-hydrogen) atoms.